The number of rotatable bonds is 8. The quantitative estimate of drug-likeness (QED) is 0.387. The topological polar surface area (TPSA) is 52.5 Å². The summed E-state index contributed by atoms with van der Waals surface area (Å²) < 4.78 is 0. The Labute approximate surface area is 80.5 Å². The summed E-state index contributed by atoms with van der Waals surface area (Å²) in [5.41, 5.74) is -0.499. The molecular weight excluding hydrogens is 166 g/mol. The lowest BCUT2D eigenvalue weighted by molar-refractivity contribution is 0.0878. The summed E-state index contributed by atoms with van der Waals surface area (Å²) >= 11 is 0. The van der Waals surface area contributed by atoms with Gasteiger partial charge in [-0.3, -0.25) is 0 Å². The minimum atomic E-state index is -0.499. The average molecular weight is 187 g/mol. The first kappa shape index (κ1) is 12.6. The number of aliphatic hydroxyl groups excluding tert-OH is 2. The summed E-state index contributed by atoms with van der Waals surface area (Å²) in [4.78, 5) is 0. The predicted octanol–water partition coefficient (Wildman–Crippen LogP) is 0.676. The van der Waals surface area contributed by atoms with Gasteiger partial charge in [-0.2, -0.15) is 0 Å². The van der Waals surface area contributed by atoms with Crippen molar-refractivity contribution in [2.75, 3.05) is 19.8 Å². The van der Waals surface area contributed by atoms with Crippen molar-refractivity contribution in [1.29, 1.82) is 0 Å². The van der Waals surface area contributed by atoms with Crippen molar-refractivity contribution in [1.82, 2.24) is 5.32 Å². The molecule has 0 fully saturated rings. The maximum Gasteiger partial charge on any atom is 0.0645 e. The zero-order chi connectivity index (χ0) is 10.2. The molecule has 0 aromatic heterocycles. The third-order valence-electron chi connectivity index (χ3n) is 2.37. The van der Waals surface area contributed by atoms with Gasteiger partial charge in [0.1, 0.15) is 0 Å². The summed E-state index contributed by atoms with van der Waals surface area (Å²) in [6, 6.07) is 0. The van der Waals surface area contributed by atoms with Crippen molar-refractivity contribution in [3.05, 3.63) is 12.7 Å². The maximum atomic E-state index is 9.09. The molecule has 0 aliphatic carbocycles. The third kappa shape index (κ3) is 4.41. The molecule has 0 aliphatic rings. The van der Waals surface area contributed by atoms with E-state index in [0.717, 1.165) is 25.8 Å². The second kappa shape index (κ2) is 7.06. The number of nitrogens with one attached hydrogen (secondary N) is 1. The fourth-order valence-electron chi connectivity index (χ4n) is 1.11. The molecule has 0 rings (SSSR count). The van der Waals surface area contributed by atoms with Gasteiger partial charge in [-0.1, -0.05) is 13.0 Å². The van der Waals surface area contributed by atoms with Crippen LogP contribution in [0.15, 0.2) is 12.7 Å². The van der Waals surface area contributed by atoms with E-state index in [2.05, 4.69) is 11.9 Å². The van der Waals surface area contributed by atoms with Crippen molar-refractivity contribution in [3.63, 3.8) is 0 Å². The zero-order valence-electron chi connectivity index (χ0n) is 8.42. The van der Waals surface area contributed by atoms with Crippen LogP contribution in [0.1, 0.15) is 26.2 Å². The highest BCUT2D eigenvalue weighted by Gasteiger charge is 2.24. The summed E-state index contributed by atoms with van der Waals surface area (Å²) in [6.45, 7) is 6.35. The second-order valence-electron chi connectivity index (χ2n) is 3.31. The minimum Gasteiger partial charge on any atom is -0.394 e. The van der Waals surface area contributed by atoms with Crippen LogP contribution in [0, 0.1) is 0 Å². The number of hydrogen-bond donors (Lipinski definition) is 3. The lowest BCUT2D eigenvalue weighted by Gasteiger charge is -2.29. The second-order valence-corrected chi connectivity index (χ2v) is 3.31. The van der Waals surface area contributed by atoms with E-state index >= 15 is 0 Å². The van der Waals surface area contributed by atoms with Gasteiger partial charge in [-0.15, -0.1) is 6.58 Å². The molecule has 0 aliphatic heterocycles. The van der Waals surface area contributed by atoms with Crippen LogP contribution in [0.25, 0.3) is 0 Å². The monoisotopic (exact) mass is 187 g/mol. The van der Waals surface area contributed by atoms with Crippen molar-refractivity contribution >= 4 is 0 Å². The molecule has 13 heavy (non-hydrogen) atoms. The first-order valence-electron chi connectivity index (χ1n) is 4.82. The van der Waals surface area contributed by atoms with Crippen LogP contribution in [0.4, 0.5) is 0 Å². The van der Waals surface area contributed by atoms with Crippen molar-refractivity contribution in [2.45, 2.75) is 31.7 Å². The van der Waals surface area contributed by atoms with Crippen molar-refractivity contribution in [3.8, 4) is 0 Å². The molecule has 0 heterocycles. The highest BCUT2D eigenvalue weighted by atomic mass is 16.3. The summed E-state index contributed by atoms with van der Waals surface area (Å²) in [5.74, 6) is 0. The Kier molecular flexibility index (Phi) is 6.86. The normalized spacial score (nSPS) is 11.6. The smallest absolute Gasteiger partial charge is 0.0645 e. The molecule has 0 aromatic rings. The first-order valence-corrected chi connectivity index (χ1v) is 4.82. The van der Waals surface area contributed by atoms with Crippen LogP contribution in [0.2, 0.25) is 0 Å². The zero-order valence-corrected chi connectivity index (χ0v) is 8.42. The first-order chi connectivity index (χ1) is 6.24. The molecule has 0 aromatic carbocycles. The summed E-state index contributed by atoms with van der Waals surface area (Å²) in [6.07, 6.45) is 4.55. The number of allylic oxidation sites excluding steroid dienone is 1. The highest BCUT2D eigenvalue weighted by molar-refractivity contribution is 4.85. The molecule has 78 valence electrons. The molecule has 0 radical (unpaired) electrons. The molecule has 3 N–H and O–H groups in total. The molecule has 0 atom stereocenters. The van der Waals surface area contributed by atoms with E-state index < -0.39 is 5.54 Å². The fraction of sp³-hybridized carbons (Fsp3) is 0.800. The molecule has 3 nitrogen and oxygen atoms in total. The van der Waals surface area contributed by atoms with Crippen LogP contribution in [0.5, 0.6) is 0 Å². The molecule has 0 saturated heterocycles. The van der Waals surface area contributed by atoms with Gasteiger partial charge < -0.3 is 15.5 Å². The number of hydrogen-bond acceptors (Lipinski definition) is 3. The SMILES string of the molecule is C=CCCCNC(CC)(CO)CO. The summed E-state index contributed by atoms with van der Waals surface area (Å²) in [5, 5.41) is 21.4. The van der Waals surface area contributed by atoms with Crippen LogP contribution < -0.4 is 5.32 Å². The molecular formula is C10H21NO2. The molecule has 0 bridgehead atoms. The van der Waals surface area contributed by atoms with Crippen LogP contribution in [-0.2, 0) is 0 Å². The average Bonchev–Trinajstić information content (AvgIpc) is 2.20. The van der Waals surface area contributed by atoms with Gasteiger partial charge >= 0.3 is 0 Å². The van der Waals surface area contributed by atoms with Crippen LogP contribution in [0.3, 0.4) is 0 Å². The van der Waals surface area contributed by atoms with Gasteiger partial charge in [0, 0.05) is 0 Å². The molecule has 0 saturated carbocycles. The van der Waals surface area contributed by atoms with Gasteiger partial charge in [0.2, 0.25) is 0 Å². The maximum absolute atomic E-state index is 9.09. The number of aliphatic hydroxyl groups is 2. The van der Waals surface area contributed by atoms with Crippen molar-refractivity contribution < 1.29 is 10.2 Å². The van der Waals surface area contributed by atoms with E-state index in [-0.39, 0.29) is 13.2 Å². The van der Waals surface area contributed by atoms with E-state index in [0.29, 0.717) is 0 Å². The van der Waals surface area contributed by atoms with E-state index in [1.807, 2.05) is 13.0 Å². The van der Waals surface area contributed by atoms with Crippen LogP contribution in [-0.4, -0.2) is 35.5 Å². The molecule has 0 spiro atoms. The van der Waals surface area contributed by atoms with E-state index in [9.17, 15) is 0 Å². The van der Waals surface area contributed by atoms with Crippen LogP contribution >= 0.6 is 0 Å². The Morgan fingerprint density at radius 3 is 2.38 bits per heavy atom. The van der Waals surface area contributed by atoms with E-state index in [1.165, 1.54) is 0 Å². The Hall–Kier alpha value is -0.380. The van der Waals surface area contributed by atoms with Gasteiger partial charge in [0.25, 0.3) is 0 Å². The van der Waals surface area contributed by atoms with Gasteiger partial charge in [-0.25, -0.2) is 0 Å². The van der Waals surface area contributed by atoms with Crippen molar-refractivity contribution in [2.24, 2.45) is 0 Å². The van der Waals surface area contributed by atoms with Gasteiger partial charge in [0.05, 0.1) is 18.8 Å². The summed E-state index contributed by atoms with van der Waals surface area (Å²) in [7, 11) is 0. The van der Waals surface area contributed by atoms with E-state index in [1.54, 1.807) is 0 Å². The van der Waals surface area contributed by atoms with E-state index in [4.69, 9.17) is 10.2 Å². The lowest BCUT2D eigenvalue weighted by Crippen LogP contribution is -2.51. The van der Waals surface area contributed by atoms with Gasteiger partial charge in [-0.05, 0) is 25.8 Å². The highest BCUT2D eigenvalue weighted by Crippen LogP contribution is 2.08. The standard InChI is InChI=1S/C10H21NO2/c1-3-5-6-7-11-10(4-2,8-12)9-13/h3,11-13H,1,4-9H2,2H3. The van der Waals surface area contributed by atoms with Gasteiger partial charge in [0.15, 0.2) is 0 Å². The molecule has 0 amide bonds. The lowest BCUT2D eigenvalue weighted by atomic mass is 9.98. The molecule has 0 unspecified atom stereocenters. The Balaban J connectivity index is 3.74. The minimum absolute atomic E-state index is 0.0198. The third-order valence-corrected chi connectivity index (χ3v) is 2.37. The Morgan fingerprint density at radius 1 is 1.38 bits per heavy atom. The largest absolute Gasteiger partial charge is 0.394 e. The fourth-order valence-corrected chi connectivity index (χ4v) is 1.11. The predicted molar refractivity (Wildman–Crippen MR) is 54.6 cm³/mol. The Bertz CT molecular complexity index is 125. The number of unbranched alkanes of at least 4 members (excludes halogenated alkanes) is 1. The Morgan fingerprint density at radius 2 is 2.00 bits per heavy atom. The molecule has 3 heteroatoms.